The van der Waals surface area contributed by atoms with Crippen LogP contribution < -0.4 is 0 Å². The van der Waals surface area contributed by atoms with Crippen molar-refractivity contribution in [1.29, 1.82) is 0 Å². The number of carbonyl (C=O) groups is 1. The van der Waals surface area contributed by atoms with Gasteiger partial charge in [0.15, 0.2) is 5.69 Å². The third-order valence-electron chi connectivity index (χ3n) is 2.15. The number of aromatic nitrogens is 1. The van der Waals surface area contributed by atoms with Crippen LogP contribution in [0.5, 0.6) is 0 Å². The van der Waals surface area contributed by atoms with Crippen molar-refractivity contribution in [3.63, 3.8) is 0 Å². The SMILES string of the molecule is CCOC(=O)c1csc(-c2ccc(F)cc2Br)n1. The lowest BCUT2D eigenvalue weighted by atomic mass is 10.2. The van der Waals surface area contributed by atoms with Crippen molar-refractivity contribution in [3.8, 4) is 10.6 Å². The molecule has 2 rings (SSSR count). The summed E-state index contributed by atoms with van der Waals surface area (Å²) in [6, 6.07) is 4.33. The van der Waals surface area contributed by atoms with E-state index in [2.05, 4.69) is 20.9 Å². The predicted octanol–water partition coefficient (Wildman–Crippen LogP) is 3.89. The van der Waals surface area contributed by atoms with Gasteiger partial charge in [-0.1, -0.05) is 0 Å². The molecule has 0 fully saturated rings. The molecule has 1 aromatic carbocycles. The molecule has 0 aliphatic carbocycles. The highest BCUT2D eigenvalue weighted by molar-refractivity contribution is 9.10. The third-order valence-corrected chi connectivity index (χ3v) is 3.68. The van der Waals surface area contributed by atoms with Crippen molar-refractivity contribution in [1.82, 2.24) is 4.98 Å². The highest BCUT2D eigenvalue weighted by Crippen LogP contribution is 2.31. The van der Waals surface area contributed by atoms with Crippen molar-refractivity contribution >= 4 is 33.2 Å². The molecular weight excluding hydrogens is 321 g/mol. The summed E-state index contributed by atoms with van der Waals surface area (Å²) in [5, 5.41) is 2.27. The van der Waals surface area contributed by atoms with Crippen LogP contribution in [0.25, 0.3) is 10.6 Å². The minimum atomic E-state index is -0.446. The van der Waals surface area contributed by atoms with E-state index in [1.165, 1.54) is 23.5 Å². The van der Waals surface area contributed by atoms with Crippen molar-refractivity contribution in [2.24, 2.45) is 0 Å². The summed E-state index contributed by atoms with van der Waals surface area (Å²) in [5.74, 6) is -0.772. The lowest BCUT2D eigenvalue weighted by Crippen LogP contribution is -2.04. The zero-order valence-electron chi connectivity index (χ0n) is 9.44. The fraction of sp³-hybridized carbons (Fsp3) is 0.167. The Morgan fingerprint density at radius 2 is 2.33 bits per heavy atom. The van der Waals surface area contributed by atoms with Gasteiger partial charge in [-0.3, -0.25) is 0 Å². The van der Waals surface area contributed by atoms with Gasteiger partial charge in [0.05, 0.1) is 6.61 Å². The van der Waals surface area contributed by atoms with Crippen LogP contribution in [0.1, 0.15) is 17.4 Å². The fourth-order valence-corrected chi connectivity index (χ4v) is 2.86. The van der Waals surface area contributed by atoms with Crippen LogP contribution in [-0.2, 0) is 4.74 Å². The molecule has 0 amide bonds. The van der Waals surface area contributed by atoms with E-state index in [1.807, 2.05) is 0 Å². The number of esters is 1. The number of thiazole rings is 1. The molecular formula is C12H9BrFNO2S. The minimum absolute atomic E-state index is 0.271. The van der Waals surface area contributed by atoms with E-state index < -0.39 is 5.97 Å². The number of carbonyl (C=O) groups excluding carboxylic acids is 1. The van der Waals surface area contributed by atoms with E-state index in [9.17, 15) is 9.18 Å². The van der Waals surface area contributed by atoms with Crippen molar-refractivity contribution in [2.75, 3.05) is 6.61 Å². The van der Waals surface area contributed by atoms with Gasteiger partial charge in [-0.25, -0.2) is 14.2 Å². The lowest BCUT2D eigenvalue weighted by molar-refractivity contribution is 0.0520. The minimum Gasteiger partial charge on any atom is -0.461 e. The van der Waals surface area contributed by atoms with Crippen molar-refractivity contribution in [3.05, 3.63) is 39.6 Å². The van der Waals surface area contributed by atoms with E-state index >= 15 is 0 Å². The summed E-state index contributed by atoms with van der Waals surface area (Å²) in [6.45, 7) is 2.05. The smallest absolute Gasteiger partial charge is 0.357 e. The molecule has 0 bridgehead atoms. The van der Waals surface area contributed by atoms with Gasteiger partial charge in [-0.15, -0.1) is 11.3 Å². The molecule has 1 heterocycles. The summed E-state index contributed by atoms with van der Waals surface area (Å²) in [7, 11) is 0. The quantitative estimate of drug-likeness (QED) is 0.802. The molecule has 1 aromatic heterocycles. The first-order chi connectivity index (χ1) is 8.61. The highest BCUT2D eigenvalue weighted by Gasteiger charge is 2.14. The van der Waals surface area contributed by atoms with Crippen LogP contribution in [0.15, 0.2) is 28.1 Å². The second-order valence-electron chi connectivity index (χ2n) is 3.38. The van der Waals surface area contributed by atoms with Crippen LogP contribution in [0.2, 0.25) is 0 Å². The summed E-state index contributed by atoms with van der Waals surface area (Å²) in [6.07, 6.45) is 0. The largest absolute Gasteiger partial charge is 0.461 e. The molecule has 0 spiro atoms. The van der Waals surface area contributed by atoms with Crippen LogP contribution in [0.4, 0.5) is 4.39 Å². The summed E-state index contributed by atoms with van der Waals surface area (Å²) in [5.41, 5.74) is 1.02. The van der Waals surface area contributed by atoms with E-state index in [0.29, 0.717) is 16.1 Å². The maximum absolute atomic E-state index is 13.0. The molecule has 94 valence electrons. The Bertz CT molecular complexity index is 585. The number of halogens is 2. The predicted molar refractivity (Wildman–Crippen MR) is 71.2 cm³/mol. The van der Waals surface area contributed by atoms with E-state index in [-0.39, 0.29) is 11.5 Å². The Balaban J connectivity index is 2.32. The number of benzene rings is 1. The maximum Gasteiger partial charge on any atom is 0.357 e. The van der Waals surface area contributed by atoms with Gasteiger partial charge in [-0.05, 0) is 41.1 Å². The number of ether oxygens (including phenoxy) is 1. The molecule has 0 aliphatic heterocycles. The zero-order valence-corrected chi connectivity index (χ0v) is 11.8. The number of hydrogen-bond donors (Lipinski definition) is 0. The Hall–Kier alpha value is -1.27. The van der Waals surface area contributed by atoms with Crippen molar-refractivity contribution < 1.29 is 13.9 Å². The topological polar surface area (TPSA) is 39.2 Å². The summed E-state index contributed by atoms with van der Waals surface area (Å²) < 4.78 is 18.4. The first-order valence-electron chi connectivity index (χ1n) is 5.20. The number of hydrogen-bond acceptors (Lipinski definition) is 4. The van der Waals surface area contributed by atoms with Gasteiger partial charge in [0.1, 0.15) is 10.8 Å². The zero-order chi connectivity index (χ0) is 13.1. The Kier molecular flexibility index (Phi) is 4.08. The highest BCUT2D eigenvalue weighted by atomic mass is 79.9. The van der Waals surface area contributed by atoms with Crippen LogP contribution in [-0.4, -0.2) is 17.6 Å². The molecule has 0 unspecified atom stereocenters. The monoisotopic (exact) mass is 329 g/mol. The van der Waals surface area contributed by atoms with Gasteiger partial charge < -0.3 is 4.74 Å². The molecule has 0 atom stereocenters. The Morgan fingerprint density at radius 1 is 1.56 bits per heavy atom. The van der Waals surface area contributed by atoms with Gasteiger partial charge in [0.2, 0.25) is 0 Å². The van der Waals surface area contributed by atoms with Crippen LogP contribution >= 0.6 is 27.3 Å². The lowest BCUT2D eigenvalue weighted by Gasteiger charge is -2.00. The van der Waals surface area contributed by atoms with Crippen LogP contribution in [0.3, 0.4) is 0 Å². The average Bonchev–Trinajstić information content (AvgIpc) is 2.78. The van der Waals surface area contributed by atoms with Crippen LogP contribution in [0, 0.1) is 5.82 Å². The first-order valence-corrected chi connectivity index (χ1v) is 6.87. The Labute approximate surface area is 116 Å². The van der Waals surface area contributed by atoms with Crippen molar-refractivity contribution in [2.45, 2.75) is 6.92 Å². The van der Waals surface area contributed by atoms with Gasteiger partial charge in [0.25, 0.3) is 0 Å². The van der Waals surface area contributed by atoms with Gasteiger partial charge >= 0.3 is 5.97 Å². The molecule has 6 heteroatoms. The fourth-order valence-electron chi connectivity index (χ4n) is 1.36. The normalized spacial score (nSPS) is 10.4. The molecule has 0 radical (unpaired) electrons. The molecule has 3 nitrogen and oxygen atoms in total. The van der Waals surface area contributed by atoms with E-state index in [4.69, 9.17) is 4.74 Å². The molecule has 0 N–H and O–H groups in total. The molecule has 0 saturated heterocycles. The third kappa shape index (κ3) is 2.76. The summed E-state index contributed by atoms with van der Waals surface area (Å²) in [4.78, 5) is 15.7. The number of nitrogens with zero attached hydrogens (tertiary/aromatic N) is 1. The standard InChI is InChI=1S/C12H9BrFNO2S/c1-2-17-12(16)10-6-18-11(15-10)8-4-3-7(14)5-9(8)13/h3-6H,2H2,1H3. The molecule has 2 aromatic rings. The summed E-state index contributed by atoms with van der Waals surface area (Å²) >= 11 is 4.58. The second kappa shape index (κ2) is 5.58. The maximum atomic E-state index is 13.0. The molecule has 0 saturated carbocycles. The van der Waals surface area contributed by atoms with Gasteiger partial charge in [0, 0.05) is 15.4 Å². The Morgan fingerprint density at radius 3 is 3.00 bits per heavy atom. The average molecular weight is 330 g/mol. The number of rotatable bonds is 3. The second-order valence-corrected chi connectivity index (χ2v) is 5.09. The molecule has 0 aliphatic rings. The molecule has 18 heavy (non-hydrogen) atoms. The van der Waals surface area contributed by atoms with E-state index in [0.717, 1.165) is 5.56 Å². The van der Waals surface area contributed by atoms with E-state index in [1.54, 1.807) is 18.4 Å². The first kappa shape index (κ1) is 13.2. The van der Waals surface area contributed by atoms with Gasteiger partial charge in [-0.2, -0.15) is 0 Å².